The monoisotopic (exact) mass is 281 g/mol. The normalized spacial score (nSPS) is 17.9. The predicted molar refractivity (Wildman–Crippen MR) is 75.4 cm³/mol. The number of hydrogen-bond acceptors (Lipinski definition) is 6. The van der Waals surface area contributed by atoms with Gasteiger partial charge in [-0.25, -0.2) is 4.99 Å². The molecule has 1 aliphatic heterocycles. The van der Waals surface area contributed by atoms with Crippen LogP contribution in [0.5, 0.6) is 0 Å². The van der Waals surface area contributed by atoms with Crippen molar-refractivity contribution in [2.24, 2.45) is 21.5 Å². The summed E-state index contributed by atoms with van der Waals surface area (Å²) in [4.78, 5) is 13.7. The Morgan fingerprint density at radius 2 is 2.00 bits per heavy atom. The molecule has 1 aliphatic rings. The summed E-state index contributed by atoms with van der Waals surface area (Å²) in [5.41, 5.74) is 11.5. The molecular weight excluding hydrogens is 266 g/mol. The second-order valence-electron chi connectivity index (χ2n) is 4.59. The molecule has 0 bridgehead atoms. The van der Waals surface area contributed by atoms with E-state index >= 15 is 0 Å². The Kier molecular flexibility index (Phi) is 3.64. The zero-order chi connectivity index (χ0) is 14.0. The van der Waals surface area contributed by atoms with Gasteiger partial charge in [0.2, 0.25) is 11.9 Å². The fourth-order valence-electron chi connectivity index (χ4n) is 1.77. The molecule has 7 heteroatoms. The Hall–Kier alpha value is -1.79. The first-order chi connectivity index (χ1) is 8.90. The fraction of sp³-hybridized carbons (Fsp3) is 0.333. The van der Waals surface area contributed by atoms with Crippen molar-refractivity contribution in [2.45, 2.75) is 26.1 Å². The number of aliphatic imine (C=N–C) groups is 2. The molecule has 0 saturated carbocycles. The second kappa shape index (κ2) is 5.07. The zero-order valence-corrected chi connectivity index (χ0v) is 11.6. The number of benzene rings is 1. The molecule has 1 aromatic carbocycles. The van der Waals surface area contributed by atoms with Crippen LogP contribution in [0.3, 0.4) is 0 Å². The van der Waals surface area contributed by atoms with E-state index in [9.17, 15) is 0 Å². The topological polar surface area (TPSA) is 89.2 Å². The van der Waals surface area contributed by atoms with Gasteiger partial charge in [-0.3, -0.25) is 4.84 Å². The van der Waals surface area contributed by atoms with Gasteiger partial charge < -0.3 is 11.5 Å². The minimum Gasteiger partial charge on any atom is -0.368 e. The van der Waals surface area contributed by atoms with Crippen LogP contribution in [0, 0.1) is 0 Å². The highest BCUT2D eigenvalue weighted by Gasteiger charge is 2.33. The summed E-state index contributed by atoms with van der Waals surface area (Å²) in [6.07, 6.45) is 0. The number of hydroxylamine groups is 2. The van der Waals surface area contributed by atoms with E-state index in [0.717, 1.165) is 5.56 Å². The maximum absolute atomic E-state index is 6.07. The molecule has 6 nitrogen and oxygen atoms in total. The van der Waals surface area contributed by atoms with Gasteiger partial charge in [-0.2, -0.15) is 10.1 Å². The van der Waals surface area contributed by atoms with Gasteiger partial charge in [0, 0.05) is 5.02 Å². The molecule has 2 rings (SSSR count). The first-order valence-corrected chi connectivity index (χ1v) is 6.14. The minimum absolute atomic E-state index is 0.139. The predicted octanol–water partition coefficient (Wildman–Crippen LogP) is 1.45. The number of halogens is 1. The van der Waals surface area contributed by atoms with Crippen molar-refractivity contribution in [2.75, 3.05) is 0 Å². The van der Waals surface area contributed by atoms with Gasteiger partial charge in [-0.1, -0.05) is 29.8 Å². The molecule has 1 aromatic rings. The van der Waals surface area contributed by atoms with Crippen LogP contribution in [0.4, 0.5) is 0 Å². The molecule has 0 saturated heterocycles. The van der Waals surface area contributed by atoms with Crippen LogP contribution in [0.1, 0.15) is 19.4 Å². The lowest BCUT2D eigenvalue weighted by molar-refractivity contribution is -0.166. The number of guanidine groups is 2. The maximum Gasteiger partial charge on any atom is 0.226 e. The number of nitrogens with zero attached hydrogens (tertiary/aromatic N) is 3. The van der Waals surface area contributed by atoms with Gasteiger partial charge in [0.15, 0.2) is 5.66 Å². The van der Waals surface area contributed by atoms with E-state index < -0.39 is 5.66 Å². The summed E-state index contributed by atoms with van der Waals surface area (Å²) >= 11 is 6.07. The lowest BCUT2D eigenvalue weighted by Gasteiger charge is -2.36. The first-order valence-electron chi connectivity index (χ1n) is 5.76. The highest BCUT2D eigenvalue weighted by Crippen LogP contribution is 2.22. The van der Waals surface area contributed by atoms with Crippen LogP contribution in [0.2, 0.25) is 5.02 Å². The molecule has 0 fully saturated rings. The number of rotatable bonds is 3. The maximum atomic E-state index is 6.07. The SMILES string of the molecule is CC1(C)N=C(N)N=C(N)N1OCc1ccccc1Cl. The van der Waals surface area contributed by atoms with E-state index in [4.69, 9.17) is 27.9 Å². The molecular formula is C12H16ClN5O. The number of hydrogen-bond donors (Lipinski definition) is 2. The molecule has 19 heavy (non-hydrogen) atoms. The smallest absolute Gasteiger partial charge is 0.226 e. The molecule has 0 radical (unpaired) electrons. The third kappa shape index (κ3) is 2.97. The Labute approximate surface area is 116 Å². The Balaban J connectivity index is 2.12. The Morgan fingerprint density at radius 1 is 1.32 bits per heavy atom. The average Bonchev–Trinajstić information content (AvgIpc) is 2.28. The quantitative estimate of drug-likeness (QED) is 0.877. The average molecular weight is 282 g/mol. The zero-order valence-electron chi connectivity index (χ0n) is 10.8. The van der Waals surface area contributed by atoms with Crippen molar-refractivity contribution >= 4 is 23.5 Å². The van der Waals surface area contributed by atoms with Crippen molar-refractivity contribution < 1.29 is 4.84 Å². The molecule has 102 valence electrons. The van der Waals surface area contributed by atoms with Gasteiger partial charge in [0.05, 0.1) is 0 Å². The molecule has 0 unspecified atom stereocenters. The van der Waals surface area contributed by atoms with Crippen LogP contribution >= 0.6 is 11.6 Å². The van der Waals surface area contributed by atoms with E-state index in [2.05, 4.69) is 9.98 Å². The molecule has 0 spiro atoms. The van der Waals surface area contributed by atoms with Crippen LogP contribution < -0.4 is 11.5 Å². The van der Waals surface area contributed by atoms with Crippen molar-refractivity contribution in [1.82, 2.24) is 5.06 Å². The summed E-state index contributed by atoms with van der Waals surface area (Å²) < 4.78 is 0. The fourth-order valence-corrected chi connectivity index (χ4v) is 1.96. The van der Waals surface area contributed by atoms with E-state index in [1.807, 2.05) is 32.0 Å². The van der Waals surface area contributed by atoms with Crippen LogP contribution in [0.25, 0.3) is 0 Å². The third-order valence-corrected chi connectivity index (χ3v) is 3.00. The van der Waals surface area contributed by atoms with Gasteiger partial charge in [-0.15, -0.1) is 0 Å². The summed E-state index contributed by atoms with van der Waals surface area (Å²) in [6.45, 7) is 3.93. The van der Waals surface area contributed by atoms with Gasteiger partial charge in [0.1, 0.15) is 6.61 Å². The molecule has 0 aliphatic carbocycles. The van der Waals surface area contributed by atoms with Crippen molar-refractivity contribution in [3.8, 4) is 0 Å². The lowest BCUT2D eigenvalue weighted by atomic mass is 10.2. The largest absolute Gasteiger partial charge is 0.368 e. The van der Waals surface area contributed by atoms with Gasteiger partial charge in [-0.05, 0) is 25.5 Å². The van der Waals surface area contributed by atoms with Crippen LogP contribution in [0.15, 0.2) is 34.3 Å². The summed E-state index contributed by atoms with van der Waals surface area (Å²) in [5, 5.41) is 2.06. The van der Waals surface area contributed by atoms with E-state index in [1.165, 1.54) is 5.06 Å². The van der Waals surface area contributed by atoms with E-state index in [0.29, 0.717) is 5.02 Å². The standard InChI is InChI=1S/C12H16ClN5O/c1-12(2)17-10(14)16-11(15)18(12)19-7-8-5-3-4-6-9(8)13/h3-6H,7H2,1-2H3,(H4,14,15,16,17). The molecule has 1 heterocycles. The molecule has 0 atom stereocenters. The van der Waals surface area contributed by atoms with Gasteiger partial charge in [0.25, 0.3) is 0 Å². The van der Waals surface area contributed by atoms with E-state index in [-0.39, 0.29) is 18.5 Å². The van der Waals surface area contributed by atoms with Crippen molar-refractivity contribution in [3.05, 3.63) is 34.9 Å². The van der Waals surface area contributed by atoms with Crippen molar-refractivity contribution in [1.29, 1.82) is 0 Å². The summed E-state index contributed by atoms with van der Waals surface area (Å²) in [6, 6.07) is 7.43. The van der Waals surface area contributed by atoms with Crippen LogP contribution in [-0.2, 0) is 11.4 Å². The van der Waals surface area contributed by atoms with Crippen molar-refractivity contribution in [3.63, 3.8) is 0 Å². The highest BCUT2D eigenvalue weighted by atomic mass is 35.5. The van der Waals surface area contributed by atoms with Gasteiger partial charge >= 0.3 is 0 Å². The Morgan fingerprint density at radius 3 is 2.63 bits per heavy atom. The minimum atomic E-state index is -0.711. The summed E-state index contributed by atoms with van der Waals surface area (Å²) in [7, 11) is 0. The second-order valence-corrected chi connectivity index (χ2v) is 5.00. The number of nitrogens with two attached hydrogens (primary N) is 2. The first kappa shape index (κ1) is 13.6. The highest BCUT2D eigenvalue weighted by molar-refractivity contribution is 6.31. The van der Waals surface area contributed by atoms with E-state index in [1.54, 1.807) is 6.07 Å². The lowest BCUT2D eigenvalue weighted by Crippen LogP contribution is -2.53. The molecule has 0 amide bonds. The molecule has 4 N–H and O–H groups in total. The Bertz CT molecular complexity index is 541. The third-order valence-electron chi connectivity index (χ3n) is 2.63. The van der Waals surface area contributed by atoms with Crippen LogP contribution in [-0.4, -0.2) is 22.6 Å². The summed E-state index contributed by atoms with van der Waals surface area (Å²) in [5.74, 6) is 0.310. The molecule has 0 aromatic heterocycles.